The summed E-state index contributed by atoms with van der Waals surface area (Å²) < 4.78 is 7.97. The van der Waals surface area contributed by atoms with E-state index in [0.29, 0.717) is 36.1 Å². The molecule has 3 aromatic heterocycles. The predicted octanol–water partition coefficient (Wildman–Crippen LogP) is 3.91. The molecule has 6 nitrogen and oxygen atoms in total. The Bertz CT molecular complexity index is 1120. The maximum Gasteiger partial charge on any atom is 0.250 e. The lowest BCUT2D eigenvalue weighted by atomic mass is 10.1. The molecule has 0 spiro atoms. The maximum absolute atomic E-state index is 12.2. The standard InChI is InChI=1S/C24H26N4O2/c1-15-3-7-22(26-10-15)20-9-19(20)14-30-24-21(11-25-16(2)27-24)18-6-8-23(29)28(13-18)12-17-4-5-17/h3,6-8,10-11,13,17,19-20H,4-5,9,12,14H2,1-2H3/t19-,20+/m1/s1. The third-order valence-corrected chi connectivity index (χ3v) is 5.99. The molecule has 0 unspecified atom stereocenters. The average molecular weight is 402 g/mol. The number of pyridine rings is 2. The summed E-state index contributed by atoms with van der Waals surface area (Å²) in [4.78, 5) is 25.7. The zero-order valence-electron chi connectivity index (χ0n) is 17.4. The molecule has 6 heteroatoms. The third kappa shape index (κ3) is 4.13. The van der Waals surface area contributed by atoms with Gasteiger partial charge < -0.3 is 9.30 Å². The molecule has 0 aliphatic heterocycles. The van der Waals surface area contributed by atoms with Crippen LogP contribution < -0.4 is 10.3 Å². The van der Waals surface area contributed by atoms with Crippen molar-refractivity contribution in [3.05, 3.63) is 70.3 Å². The van der Waals surface area contributed by atoms with Crippen molar-refractivity contribution in [2.75, 3.05) is 6.61 Å². The van der Waals surface area contributed by atoms with Gasteiger partial charge in [0.1, 0.15) is 5.82 Å². The molecule has 0 amide bonds. The van der Waals surface area contributed by atoms with Gasteiger partial charge in [0, 0.05) is 54.3 Å². The average Bonchev–Trinajstić information content (AvgIpc) is 3.65. The number of hydrogen-bond donors (Lipinski definition) is 0. The van der Waals surface area contributed by atoms with Crippen LogP contribution in [0.3, 0.4) is 0 Å². The van der Waals surface area contributed by atoms with Gasteiger partial charge in [0.25, 0.3) is 5.56 Å². The summed E-state index contributed by atoms with van der Waals surface area (Å²) in [5.74, 6) is 2.80. The number of nitrogens with zero attached hydrogens (tertiary/aromatic N) is 4. The van der Waals surface area contributed by atoms with Gasteiger partial charge in [-0.25, -0.2) is 4.98 Å². The minimum Gasteiger partial charge on any atom is -0.477 e. The first-order valence-electron chi connectivity index (χ1n) is 10.7. The molecule has 0 aromatic carbocycles. The maximum atomic E-state index is 12.2. The van der Waals surface area contributed by atoms with E-state index in [2.05, 4.69) is 34.0 Å². The van der Waals surface area contributed by atoms with E-state index in [1.165, 1.54) is 18.4 Å². The normalized spacial score (nSPS) is 20.2. The lowest BCUT2D eigenvalue weighted by molar-refractivity contribution is 0.285. The van der Waals surface area contributed by atoms with Crippen LogP contribution in [0.5, 0.6) is 5.88 Å². The van der Waals surface area contributed by atoms with Crippen molar-refractivity contribution in [1.29, 1.82) is 0 Å². The van der Waals surface area contributed by atoms with Crippen molar-refractivity contribution in [3.63, 3.8) is 0 Å². The molecule has 3 heterocycles. The second-order valence-corrected chi connectivity index (χ2v) is 8.66. The fraction of sp³-hybridized carbons (Fsp3) is 0.417. The number of aromatic nitrogens is 4. The molecule has 0 saturated heterocycles. The molecule has 0 radical (unpaired) electrons. The summed E-state index contributed by atoms with van der Waals surface area (Å²) >= 11 is 0. The lowest BCUT2D eigenvalue weighted by Gasteiger charge is -2.12. The third-order valence-electron chi connectivity index (χ3n) is 5.99. The number of ether oxygens (including phenoxy) is 1. The molecule has 0 N–H and O–H groups in total. The SMILES string of the molecule is Cc1ccc([C@H]2C[C@@H]2COc2nc(C)ncc2-c2ccc(=O)n(CC3CC3)c2)nc1. The van der Waals surface area contributed by atoms with Crippen LogP contribution in [0.15, 0.2) is 47.7 Å². The summed E-state index contributed by atoms with van der Waals surface area (Å²) in [5, 5.41) is 0. The number of aryl methyl sites for hydroxylation is 2. The highest BCUT2D eigenvalue weighted by Crippen LogP contribution is 2.47. The van der Waals surface area contributed by atoms with Crippen LogP contribution in [0.2, 0.25) is 0 Å². The molecule has 154 valence electrons. The molecule has 2 aliphatic rings. The monoisotopic (exact) mass is 402 g/mol. The van der Waals surface area contributed by atoms with Crippen molar-refractivity contribution in [1.82, 2.24) is 19.5 Å². The van der Waals surface area contributed by atoms with Gasteiger partial charge in [-0.15, -0.1) is 0 Å². The Morgan fingerprint density at radius 3 is 2.73 bits per heavy atom. The van der Waals surface area contributed by atoms with Gasteiger partial charge >= 0.3 is 0 Å². The van der Waals surface area contributed by atoms with Gasteiger partial charge in [0.15, 0.2) is 0 Å². The summed E-state index contributed by atoms with van der Waals surface area (Å²) in [5.41, 5.74) is 4.10. The van der Waals surface area contributed by atoms with Gasteiger partial charge in [-0.05, 0) is 56.7 Å². The molecule has 2 saturated carbocycles. The van der Waals surface area contributed by atoms with Gasteiger partial charge in [-0.1, -0.05) is 6.07 Å². The summed E-state index contributed by atoms with van der Waals surface area (Å²) in [6.07, 6.45) is 9.13. The van der Waals surface area contributed by atoms with Crippen LogP contribution in [0.1, 0.15) is 42.3 Å². The first-order valence-corrected chi connectivity index (χ1v) is 10.7. The molecule has 2 atom stereocenters. The highest BCUT2D eigenvalue weighted by atomic mass is 16.5. The summed E-state index contributed by atoms with van der Waals surface area (Å²) in [6.45, 7) is 5.30. The van der Waals surface area contributed by atoms with Crippen molar-refractivity contribution in [2.45, 2.75) is 45.6 Å². The number of hydrogen-bond acceptors (Lipinski definition) is 5. The first-order chi connectivity index (χ1) is 14.6. The van der Waals surface area contributed by atoms with E-state index < -0.39 is 0 Å². The number of rotatable bonds is 7. The molecule has 30 heavy (non-hydrogen) atoms. The summed E-state index contributed by atoms with van der Waals surface area (Å²) in [6, 6.07) is 7.69. The Morgan fingerprint density at radius 1 is 1.10 bits per heavy atom. The first kappa shape index (κ1) is 19.0. The van der Waals surface area contributed by atoms with Crippen LogP contribution >= 0.6 is 0 Å². The Hall–Kier alpha value is -3.02. The predicted molar refractivity (Wildman–Crippen MR) is 115 cm³/mol. The highest BCUT2D eigenvalue weighted by Gasteiger charge is 2.40. The van der Waals surface area contributed by atoms with E-state index in [4.69, 9.17) is 4.74 Å². The summed E-state index contributed by atoms with van der Waals surface area (Å²) in [7, 11) is 0. The van der Waals surface area contributed by atoms with E-state index in [1.54, 1.807) is 16.8 Å². The largest absolute Gasteiger partial charge is 0.477 e. The molecule has 2 fully saturated rings. The van der Waals surface area contributed by atoms with E-state index in [1.807, 2.05) is 25.4 Å². The topological polar surface area (TPSA) is 69.9 Å². The van der Waals surface area contributed by atoms with Crippen molar-refractivity contribution >= 4 is 0 Å². The second-order valence-electron chi connectivity index (χ2n) is 8.66. The fourth-order valence-corrected chi connectivity index (χ4v) is 3.85. The molecule has 3 aromatic rings. The fourth-order valence-electron chi connectivity index (χ4n) is 3.85. The van der Waals surface area contributed by atoms with E-state index >= 15 is 0 Å². The van der Waals surface area contributed by atoms with Gasteiger partial charge in [0.05, 0.1) is 12.2 Å². The molecule has 2 aliphatic carbocycles. The van der Waals surface area contributed by atoms with Crippen LogP contribution in [0.25, 0.3) is 11.1 Å². The van der Waals surface area contributed by atoms with Crippen molar-refractivity contribution in [3.8, 4) is 17.0 Å². The second kappa shape index (κ2) is 7.67. The van der Waals surface area contributed by atoms with E-state index in [-0.39, 0.29) is 5.56 Å². The van der Waals surface area contributed by atoms with E-state index in [9.17, 15) is 4.79 Å². The smallest absolute Gasteiger partial charge is 0.250 e. The van der Waals surface area contributed by atoms with Gasteiger partial charge in [-0.2, -0.15) is 4.98 Å². The quantitative estimate of drug-likeness (QED) is 0.599. The van der Waals surface area contributed by atoms with Crippen LogP contribution in [0.4, 0.5) is 0 Å². The zero-order valence-corrected chi connectivity index (χ0v) is 17.4. The van der Waals surface area contributed by atoms with E-state index in [0.717, 1.165) is 29.8 Å². The lowest BCUT2D eigenvalue weighted by Crippen LogP contribution is -2.19. The highest BCUT2D eigenvalue weighted by molar-refractivity contribution is 5.66. The molecule has 0 bridgehead atoms. The van der Waals surface area contributed by atoms with Gasteiger partial charge in [-0.3, -0.25) is 9.78 Å². The Kier molecular flexibility index (Phi) is 4.85. The van der Waals surface area contributed by atoms with Gasteiger partial charge in [0.2, 0.25) is 5.88 Å². The van der Waals surface area contributed by atoms with Crippen LogP contribution in [-0.4, -0.2) is 26.1 Å². The molecular formula is C24H26N4O2. The molecule has 5 rings (SSSR count). The van der Waals surface area contributed by atoms with Crippen molar-refractivity contribution < 1.29 is 4.74 Å². The Labute approximate surface area is 176 Å². The molecular weight excluding hydrogens is 376 g/mol. The zero-order chi connectivity index (χ0) is 20.7. The minimum atomic E-state index is 0.0348. The van der Waals surface area contributed by atoms with Crippen LogP contribution in [0, 0.1) is 25.7 Å². The Morgan fingerprint density at radius 2 is 1.97 bits per heavy atom. The van der Waals surface area contributed by atoms with Crippen LogP contribution in [-0.2, 0) is 6.54 Å². The minimum absolute atomic E-state index is 0.0348. The Balaban J connectivity index is 1.33. The van der Waals surface area contributed by atoms with Crippen molar-refractivity contribution in [2.24, 2.45) is 11.8 Å².